The van der Waals surface area contributed by atoms with Gasteiger partial charge in [0.05, 0.1) is 17.7 Å². The predicted molar refractivity (Wildman–Crippen MR) is 104 cm³/mol. The Morgan fingerprint density at radius 3 is 1.93 bits per heavy atom. The van der Waals surface area contributed by atoms with Gasteiger partial charge in [-0.3, -0.25) is 14.5 Å². The van der Waals surface area contributed by atoms with Crippen molar-refractivity contribution in [3.05, 3.63) is 106 Å². The third-order valence-corrected chi connectivity index (χ3v) is 4.84. The van der Waals surface area contributed by atoms with Crippen LogP contribution in [0.1, 0.15) is 37.4 Å². The van der Waals surface area contributed by atoms with E-state index in [-0.39, 0.29) is 24.2 Å². The van der Waals surface area contributed by atoms with Gasteiger partial charge in [-0.1, -0.05) is 54.6 Å². The number of carbonyl (C=O) groups is 2. The molecule has 3 aromatic rings. The summed E-state index contributed by atoms with van der Waals surface area (Å²) in [5.74, 6) is -0.723. The molecule has 5 heteroatoms. The van der Waals surface area contributed by atoms with E-state index in [0.717, 1.165) is 11.1 Å². The van der Waals surface area contributed by atoms with Gasteiger partial charge in [0.15, 0.2) is 0 Å². The van der Waals surface area contributed by atoms with Gasteiger partial charge in [0.25, 0.3) is 11.8 Å². The number of halogens is 1. The average molecular weight is 374 g/mol. The van der Waals surface area contributed by atoms with Crippen LogP contribution < -0.4 is 5.32 Å². The largest absolute Gasteiger partial charge is 0.309 e. The Morgan fingerprint density at radius 2 is 1.29 bits per heavy atom. The summed E-state index contributed by atoms with van der Waals surface area (Å²) in [6.45, 7) is 1.29. The summed E-state index contributed by atoms with van der Waals surface area (Å²) >= 11 is 0. The van der Waals surface area contributed by atoms with Crippen molar-refractivity contribution < 1.29 is 14.0 Å². The van der Waals surface area contributed by atoms with Crippen LogP contribution >= 0.6 is 0 Å². The third kappa shape index (κ3) is 3.57. The molecule has 0 aliphatic carbocycles. The average Bonchev–Trinajstić information content (AvgIpc) is 2.96. The minimum atomic E-state index is -0.253. The normalized spacial score (nSPS) is 13.1. The van der Waals surface area contributed by atoms with Gasteiger partial charge in [-0.15, -0.1) is 0 Å². The van der Waals surface area contributed by atoms with E-state index in [1.165, 1.54) is 11.0 Å². The number of rotatable bonds is 6. The van der Waals surface area contributed by atoms with Gasteiger partial charge in [0.1, 0.15) is 5.82 Å². The first-order chi connectivity index (χ1) is 13.6. The van der Waals surface area contributed by atoms with Crippen LogP contribution in [-0.2, 0) is 19.6 Å². The molecule has 3 aromatic carbocycles. The van der Waals surface area contributed by atoms with Crippen molar-refractivity contribution in [1.29, 1.82) is 0 Å². The molecule has 2 amide bonds. The maximum Gasteiger partial charge on any atom is 0.261 e. The first-order valence-corrected chi connectivity index (χ1v) is 9.10. The molecule has 28 heavy (non-hydrogen) atoms. The zero-order chi connectivity index (χ0) is 19.5. The fourth-order valence-electron chi connectivity index (χ4n) is 3.31. The second-order valence-corrected chi connectivity index (χ2v) is 6.75. The number of benzene rings is 3. The molecule has 4 nitrogen and oxygen atoms in total. The van der Waals surface area contributed by atoms with Crippen LogP contribution in [-0.4, -0.2) is 16.7 Å². The van der Waals surface area contributed by atoms with E-state index >= 15 is 0 Å². The number of amides is 2. The quantitative estimate of drug-likeness (QED) is 0.666. The smallest absolute Gasteiger partial charge is 0.261 e. The summed E-state index contributed by atoms with van der Waals surface area (Å²) < 4.78 is 13.6. The molecule has 0 fully saturated rings. The Morgan fingerprint density at radius 1 is 0.714 bits per heavy atom. The molecule has 0 saturated carbocycles. The molecule has 0 radical (unpaired) electrons. The van der Waals surface area contributed by atoms with Crippen LogP contribution in [0, 0.1) is 5.82 Å². The lowest BCUT2D eigenvalue weighted by atomic mass is 10.1. The van der Waals surface area contributed by atoms with Crippen molar-refractivity contribution in [2.45, 2.75) is 19.6 Å². The minimum Gasteiger partial charge on any atom is -0.309 e. The predicted octanol–water partition coefficient (Wildman–Crippen LogP) is 3.91. The number of hydrogen-bond donors (Lipinski definition) is 1. The van der Waals surface area contributed by atoms with E-state index in [9.17, 15) is 14.0 Å². The SMILES string of the molecule is O=C1c2ccccc2C(=O)N1Cc1ccc(CNCc2ccccc2F)cc1. The van der Waals surface area contributed by atoms with Gasteiger partial charge in [-0.25, -0.2) is 4.39 Å². The third-order valence-electron chi connectivity index (χ3n) is 4.84. The monoisotopic (exact) mass is 374 g/mol. The van der Waals surface area contributed by atoms with Crippen molar-refractivity contribution >= 4 is 11.8 Å². The Labute approximate surface area is 162 Å². The summed E-state index contributed by atoms with van der Waals surface area (Å²) in [6.07, 6.45) is 0. The highest BCUT2D eigenvalue weighted by molar-refractivity contribution is 6.21. The highest BCUT2D eigenvalue weighted by Gasteiger charge is 2.34. The molecule has 1 N–H and O–H groups in total. The highest BCUT2D eigenvalue weighted by atomic mass is 19.1. The molecule has 140 valence electrons. The van der Waals surface area contributed by atoms with Crippen molar-refractivity contribution in [2.75, 3.05) is 0 Å². The molecule has 0 aromatic heterocycles. The van der Waals surface area contributed by atoms with Gasteiger partial charge >= 0.3 is 0 Å². The fraction of sp³-hybridized carbons (Fsp3) is 0.130. The second-order valence-electron chi connectivity index (χ2n) is 6.75. The van der Waals surface area contributed by atoms with Crippen molar-refractivity contribution in [3.8, 4) is 0 Å². The standard InChI is InChI=1S/C23H19FN2O2/c24-21-8-4-1-5-18(21)14-25-13-16-9-11-17(12-10-16)15-26-22(27)19-6-2-3-7-20(19)23(26)28/h1-12,25H,13-15H2. The summed E-state index contributed by atoms with van der Waals surface area (Å²) in [4.78, 5) is 26.2. The zero-order valence-corrected chi connectivity index (χ0v) is 15.2. The molecule has 0 saturated heterocycles. The van der Waals surface area contributed by atoms with Crippen LogP contribution in [0.5, 0.6) is 0 Å². The number of carbonyl (C=O) groups excluding carboxylic acids is 2. The molecule has 1 heterocycles. The number of fused-ring (bicyclic) bond motifs is 1. The van der Waals surface area contributed by atoms with E-state index in [1.807, 2.05) is 30.3 Å². The molecule has 0 bridgehead atoms. The lowest BCUT2D eigenvalue weighted by Gasteiger charge is -2.14. The molecule has 0 spiro atoms. The zero-order valence-electron chi connectivity index (χ0n) is 15.2. The topological polar surface area (TPSA) is 49.4 Å². The van der Waals surface area contributed by atoms with E-state index < -0.39 is 0 Å². The Hall–Kier alpha value is -3.31. The van der Waals surface area contributed by atoms with Crippen LogP contribution in [0.3, 0.4) is 0 Å². The Kier molecular flexibility index (Phi) is 5.00. The molecular formula is C23H19FN2O2. The lowest BCUT2D eigenvalue weighted by Crippen LogP contribution is -2.29. The summed E-state index contributed by atoms with van der Waals surface area (Å²) in [6, 6.07) is 21.3. The van der Waals surface area contributed by atoms with Gasteiger partial charge < -0.3 is 5.32 Å². The second kappa shape index (κ2) is 7.74. The molecule has 0 unspecified atom stereocenters. The molecule has 1 aliphatic rings. The van der Waals surface area contributed by atoms with Crippen LogP contribution in [0.4, 0.5) is 4.39 Å². The van der Waals surface area contributed by atoms with Crippen molar-refractivity contribution in [1.82, 2.24) is 10.2 Å². The van der Waals surface area contributed by atoms with E-state index in [0.29, 0.717) is 29.8 Å². The molecule has 4 rings (SSSR count). The maximum atomic E-state index is 13.6. The minimum absolute atomic E-state index is 0.216. The first-order valence-electron chi connectivity index (χ1n) is 9.10. The molecule has 1 aliphatic heterocycles. The Bertz CT molecular complexity index is 996. The number of hydrogen-bond acceptors (Lipinski definition) is 3. The van der Waals surface area contributed by atoms with Crippen molar-refractivity contribution in [2.24, 2.45) is 0 Å². The number of nitrogens with zero attached hydrogens (tertiary/aromatic N) is 1. The van der Waals surface area contributed by atoms with Gasteiger partial charge in [-0.05, 0) is 29.3 Å². The summed E-state index contributed by atoms with van der Waals surface area (Å²) in [5.41, 5.74) is 3.47. The van der Waals surface area contributed by atoms with Gasteiger partial charge in [-0.2, -0.15) is 0 Å². The van der Waals surface area contributed by atoms with Gasteiger partial charge in [0, 0.05) is 18.7 Å². The fourth-order valence-corrected chi connectivity index (χ4v) is 3.31. The summed E-state index contributed by atoms with van der Waals surface area (Å²) in [7, 11) is 0. The van der Waals surface area contributed by atoms with Crippen LogP contribution in [0.15, 0.2) is 72.8 Å². The first kappa shape index (κ1) is 18.1. The molecular weight excluding hydrogens is 355 g/mol. The highest BCUT2D eigenvalue weighted by Crippen LogP contribution is 2.24. The summed E-state index contributed by atoms with van der Waals surface area (Å²) in [5, 5.41) is 3.22. The number of nitrogens with one attached hydrogen (secondary N) is 1. The van der Waals surface area contributed by atoms with Gasteiger partial charge in [0.2, 0.25) is 0 Å². The number of imide groups is 1. The molecule has 0 atom stereocenters. The van der Waals surface area contributed by atoms with E-state index in [4.69, 9.17) is 0 Å². The van der Waals surface area contributed by atoms with Crippen molar-refractivity contribution in [3.63, 3.8) is 0 Å². The van der Waals surface area contributed by atoms with E-state index in [2.05, 4.69) is 5.32 Å². The van der Waals surface area contributed by atoms with E-state index in [1.54, 1.807) is 36.4 Å². The Balaban J connectivity index is 1.36. The van der Waals surface area contributed by atoms with Crippen LogP contribution in [0.25, 0.3) is 0 Å². The lowest BCUT2D eigenvalue weighted by molar-refractivity contribution is 0.0642. The maximum absolute atomic E-state index is 13.6. The van der Waals surface area contributed by atoms with Crippen LogP contribution in [0.2, 0.25) is 0 Å².